The fourth-order valence-corrected chi connectivity index (χ4v) is 2.80. The summed E-state index contributed by atoms with van der Waals surface area (Å²) in [5.41, 5.74) is 1.28. The van der Waals surface area contributed by atoms with Gasteiger partial charge in [0, 0.05) is 32.7 Å². The van der Waals surface area contributed by atoms with Crippen LogP contribution < -0.4 is 5.32 Å². The first-order valence-corrected chi connectivity index (χ1v) is 6.55. The minimum atomic E-state index is -0.170. The third-order valence-corrected chi connectivity index (χ3v) is 3.95. The average Bonchev–Trinajstić information content (AvgIpc) is 2.36. The van der Waals surface area contributed by atoms with Crippen LogP contribution in [0.5, 0.6) is 0 Å². The van der Waals surface area contributed by atoms with E-state index in [1.807, 2.05) is 12.1 Å². The first kappa shape index (κ1) is 12.1. The summed E-state index contributed by atoms with van der Waals surface area (Å²) in [6.07, 6.45) is 0. The Morgan fingerprint density at radius 2 is 1.83 bits per heavy atom. The number of rotatable bonds is 3. The zero-order valence-electron chi connectivity index (χ0n) is 10.5. The molecular weight excluding hydrogens is 231 g/mol. The molecule has 2 aliphatic heterocycles. The van der Waals surface area contributed by atoms with Gasteiger partial charge < -0.3 is 10.1 Å². The second-order valence-electron chi connectivity index (χ2n) is 5.31. The van der Waals surface area contributed by atoms with Crippen molar-refractivity contribution in [2.75, 3.05) is 45.9 Å². The van der Waals surface area contributed by atoms with E-state index < -0.39 is 0 Å². The van der Waals surface area contributed by atoms with Gasteiger partial charge in [-0.2, -0.15) is 0 Å². The molecule has 0 bridgehead atoms. The fourth-order valence-electron chi connectivity index (χ4n) is 2.80. The van der Waals surface area contributed by atoms with Crippen molar-refractivity contribution in [2.45, 2.75) is 5.41 Å². The molecule has 2 saturated heterocycles. The van der Waals surface area contributed by atoms with Gasteiger partial charge in [-0.15, -0.1) is 0 Å². The van der Waals surface area contributed by atoms with Crippen LogP contribution >= 0.6 is 0 Å². The second-order valence-corrected chi connectivity index (χ2v) is 5.31. The number of hydrogen-bond acceptors (Lipinski definition) is 3. The number of hydrogen-bond donors (Lipinski definition) is 1. The molecule has 0 aliphatic carbocycles. The first-order chi connectivity index (χ1) is 8.78. The van der Waals surface area contributed by atoms with Crippen molar-refractivity contribution < 1.29 is 9.13 Å². The molecule has 0 amide bonds. The Morgan fingerprint density at radius 3 is 2.39 bits per heavy atom. The van der Waals surface area contributed by atoms with Gasteiger partial charge in [0.15, 0.2) is 0 Å². The predicted octanol–water partition coefficient (Wildman–Crippen LogP) is 0.999. The van der Waals surface area contributed by atoms with Crippen molar-refractivity contribution in [3.05, 3.63) is 35.6 Å². The normalized spacial score (nSPS) is 23.6. The number of halogens is 1. The maximum Gasteiger partial charge on any atom is 0.123 e. The van der Waals surface area contributed by atoms with Gasteiger partial charge in [-0.1, -0.05) is 12.1 Å². The maximum absolute atomic E-state index is 13.0. The Morgan fingerprint density at radius 1 is 1.17 bits per heavy atom. The van der Waals surface area contributed by atoms with Crippen molar-refractivity contribution in [2.24, 2.45) is 0 Å². The SMILES string of the molecule is Fc1ccc(C2(CN3CCNCC3)COC2)cc1. The number of nitrogens with zero attached hydrogens (tertiary/aromatic N) is 1. The van der Waals surface area contributed by atoms with Crippen molar-refractivity contribution in [1.82, 2.24) is 10.2 Å². The van der Waals surface area contributed by atoms with Crippen LogP contribution in [0.1, 0.15) is 5.56 Å². The molecule has 0 atom stereocenters. The number of piperazine rings is 1. The van der Waals surface area contributed by atoms with Crippen LogP contribution in [0.25, 0.3) is 0 Å². The molecule has 0 aromatic heterocycles. The van der Waals surface area contributed by atoms with Crippen molar-refractivity contribution >= 4 is 0 Å². The molecule has 98 valence electrons. The van der Waals surface area contributed by atoms with E-state index in [0.717, 1.165) is 45.9 Å². The summed E-state index contributed by atoms with van der Waals surface area (Å²) in [7, 11) is 0. The molecular formula is C14H19FN2O. The maximum atomic E-state index is 13.0. The van der Waals surface area contributed by atoms with E-state index >= 15 is 0 Å². The van der Waals surface area contributed by atoms with Gasteiger partial charge in [-0.3, -0.25) is 4.90 Å². The van der Waals surface area contributed by atoms with Crippen LogP contribution in [-0.2, 0) is 10.2 Å². The largest absolute Gasteiger partial charge is 0.379 e. The van der Waals surface area contributed by atoms with E-state index in [9.17, 15) is 4.39 Å². The number of nitrogens with one attached hydrogen (secondary N) is 1. The summed E-state index contributed by atoms with van der Waals surface area (Å²) < 4.78 is 18.4. The van der Waals surface area contributed by atoms with Crippen molar-refractivity contribution in [3.63, 3.8) is 0 Å². The van der Waals surface area contributed by atoms with Crippen molar-refractivity contribution in [1.29, 1.82) is 0 Å². The molecule has 1 aromatic carbocycles. The van der Waals surface area contributed by atoms with E-state index in [1.165, 1.54) is 5.56 Å². The molecule has 3 nitrogen and oxygen atoms in total. The number of benzene rings is 1. The summed E-state index contributed by atoms with van der Waals surface area (Å²) in [5, 5.41) is 3.36. The zero-order valence-corrected chi connectivity index (χ0v) is 10.5. The quantitative estimate of drug-likeness (QED) is 0.866. The summed E-state index contributed by atoms with van der Waals surface area (Å²) in [5.74, 6) is -0.170. The predicted molar refractivity (Wildman–Crippen MR) is 68.2 cm³/mol. The van der Waals surface area contributed by atoms with E-state index in [0.29, 0.717) is 0 Å². The summed E-state index contributed by atoms with van der Waals surface area (Å²) in [6.45, 7) is 6.80. The summed E-state index contributed by atoms with van der Waals surface area (Å²) in [4.78, 5) is 2.47. The summed E-state index contributed by atoms with van der Waals surface area (Å²) >= 11 is 0. The highest BCUT2D eigenvalue weighted by molar-refractivity contribution is 5.29. The van der Waals surface area contributed by atoms with Gasteiger partial charge >= 0.3 is 0 Å². The van der Waals surface area contributed by atoms with E-state index in [2.05, 4.69) is 10.2 Å². The van der Waals surface area contributed by atoms with Crippen LogP contribution in [0.2, 0.25) is 0 Å². The lowest BCUT2D eigenvalue weighted by atomic mass is 9.78. The fraction of sp³-hybridized carbons (Fsp3) is 0.571. The van der Waals surface area contributed by atoms with Crippen molar-refractivity contribution in [3.8, 4) is 0 Å². The minimum Gasteiger partial charge on any atom is -0.379 e. The van der Waals surface area contributed by atoms with Gasteiger partial charge in [-0.05, 0) is 17.7 Å². The third-order valence-electron chi connectivity index (χ3n) is 3.95. The highest BCUT2D eigenvalue weighted by atomic mass is 19.1. The van der Waals surface area contributed by atoms with E-state index in [-0.39, 0.29) is 11.2 Å². The highest BCUT2D eigenvalue weighted by Crippen LogP contribution is 2.33. The molecule has 0 saturated carbocycles. The standard InChI is InChI=1S/C14H19FN2O/c15-13-3-1-12(2-4-13)14(10-18-11-14)9-17-7-5-16-6-8-17/h1-4,16H,5-11H2. The topological polar surface area (TPSA) is 24.5 Å². The Hall–Kier alpha value is -0.970. The monoisotopic (exact) mass is 250 g/mol. The van der Waals surface area contributed by atoms with Gasteiger partial charge in [0.2, 0.25) is 0 Å². The lowest BCUT2D eigenvalue weighted by molar-refractivity contribution is -0.0756. The zero-order chi connectivity index (χ0) is 12.4. The molecule has 18 heavy (non-hydrogen) atoms. The molecule has 0 spiro atoms. The van der Waals surface area contributed by atoms with E-state index in [4.69, 9.17) is 4.74 Å². The van der Waals surface area contributed by atoms with Gasteiger partial charge in [0.25, 0.3) is 0 Å². The highest BCUT2D eigenvalue weighted by Gasteiger charge is 2.41. The Bertz CT molecular complexity index is 397. The molecule has 2 aliphatic rings. The van der Waals surface area contributed by atoms with Crippen LogP contribution in [-0.4, -0.2) is 50.8 Å². The molecule has 1 aromatic rings. The van der Waals surface area contributed by atoms with Crippen LogP contribution in [0.3, 0.4) is 0 Å². The smallest absolute Gasteiger partial charge is 0.123 e. The Balaban J connectivity index is 1.74. The van der Waals surface area contributed by atoms with Gasteiger partial charge in [0.05, 0.1) is 18.6 Å². The summed E-state index contributed by atoms with van der Waals surface area (Å²) in [6, 6.07) is 6.90. The first-order valence-electron chi connectivity index (χ1n) is 6.55. The third kappa shape index (κ3) is 2.28. The molecule has 1 N–H and O–H groups in total. The van der Waals surface area contributed by atoms with Gasteiger partial charge in [0.1, 0.15) is 5.82 Å². The molecule has 2 fully saturated rings. The minimum absolute atomic E-state index is 0.0744. The van der Waals surface area contributed by atoms with Gasteiger partial charge in [-0.25, -0.2) is 4.39 Å². The van der Waals surface area contributed by atoms with Crippen LogP contribution in [0.4, 0.5) is 4.39 Å². The number of ether oxygens (including phenoxy) is 1. The molecule has 0 unspecified atom stereocenters. The van der Waals surface area contributed by atoms with Crippen LogP contribution in [0.15, 0.2) is 24.3 Å². The van der Waals surface area contributed by atoms with E-state index in [1.54, 1.807) is 12.1 Å². The average molecular weight is 250 g/mol. The van der Waals surface area contributed by atoms with Crippen LogP contribution in [0, 0.1) is 5.82 Å². The molecule has 2 heterocycles. The lowest BCUT2D eigenvalue weighted by Crippen LogP contribution is -2.57. The lowest BCUT2D eigenvalue weighted by Gasteiger charge is -2.46. The molecule has 0 radical (unpaired) electrons. The Kier molecular flexibility index (Phi) is 3.33. The molecule has 4 heteroatoms. The Labute approximate surface area is 107 Å². The second kappa shape index (κ2) is 4.96. The molecule has 3 rings (SSSR count).